The molecule has 0 spiro atoms. The maximum Gasteiger partial charge on any atom is 0.291 e. The third-order valence-corrected chi connectivity index (χ3v) is 5.12. The van der Waals surface area contributed by atoms with Gasteiger partial charge >= 0.3 is 0 Å². The predicted molar refractivity (Wildman–Crippen MR) is 117 cm³/mol. The lowest BCUT2D eigenvalue weighted by atomic mass is 10.1. The van der Waals surface area contributed by atoms with Gasteiger partial charge in [0.05, 0.1) is 0 Å². The molecule has 150 valence electrons. The van der Waals surface area contributed by atoms with E-state index in [1.807, 2.05) is 37.3 Å². The molecular formula is C21H22BrN5O2. The molecule has 0 aliphatic carbocycles. The van der Waals surface area contributed by atoms with Gasteiger partial charge in [-0.25, -0.2) is 4.98 Å². The lowest BCUT2D eigenvalue weighted by Gasteiger charge is -2.27. The highest BCUT2D eigenvalue weighted by atomic mass is 79.9. The van der Waals surface area contributed by atoms with E-state index in [9.17, 15) is 4.79 Å². The zero-order valence-electron chi connectivity index (χ0n) is 16.1. The van der Waals surface area contributed by atoms with Gasteiger partial charge in [-0.1, -0.05) is 0 Å². The summed E-state index contributed by atoms with van der Waals surface area (Å²) < 4.78 is 5.79. The monoisotopic (exact) mass is 455 g/mol. The Morgan fingerprint density at radius 3 is 2.45 bits per heavy atom. The highest BCUT2D eigenvalue weighted by molar-refractivity contribution is 9.10. The molecule has 8 heteroatoms. The summed E-state index contributed by atoms with van der Waals surface area (Å²) in [6.07, 6.45) is 3.64. The first-order valence-electron chi connectivity index (χ1n) is 9.61. The molecule has 29 heavy (non-hydrogen) atoms. The summed E-state index contributed by atoms with van der Waals surface area (Å²) in [6, 6.07) is 12.7. The Morgan fingerprint density at radius 1 is 1.03 bits per heavy atom. The van der Waals surface area contributed by atoms with Crippen LogP contribution in [0.5, 0.6) is 0 Å². The molecule has 0 bridgehead atoms. The van der Waals surface area contributed by atoms with Crippen LogP contribution in [0.15, 0.2) is 51.6 Å². The van der Waals surface area contributed by atoms with Gasteiger partial charge in [0, 0.05) is 36.2 Å². The van der Waals surface area contributed by atoms with E-state index in [0.29, 0.717) is 10.4 Å². The van der Waals surface area contributed by atoms with E-state index in [1.165, 1.54) is 19.3 Å². The zero-order chi connectivity index (χ0) is 20.2. The van der Waals surface area contributed by atoms with Crippen LogP contribution in [0.1, 0.15) is 35.5 Å². The van der Waals surface area contributed by atoms with Crippen molar-refractivity contribution in [2.75, 3.05) is 28.6 Å². The van der Waals surface area contributed by atoms with Crippen LogP contribution in [0.3, 0.4) is 0 Å². The summed E-state index contributed by atoms with van der Waals surface area (Å²) in [5, 5.41) is 6.13. The molecule has 0 atom stereocenters. The number of furan rings is 1. The van der Waals surface area contributed by atoms with Gasteiger partial charge < -0.3 is 20.0 Å². The molecule has 1 saturated heterocycles. The minimum atomic E-state index is -0.297. The molecule has 7 nitrogen and oxygen atoms in total. The minimum Gasteiger partial charge on any atom is -0.444 e. The zero-order valence-corrected chi connectivity index (χ0v) is 17.7. The Kier molecular flexibility index (Phi) is 5.80. The normalized spacial score (nSPS) is 13.9. The summed E-state index contributed by atoms with van der Waals surface area (Å²) in [6.45, 7) is 3.99. The fraction of sp³-hybridized carbons (Fsp3) is 0.286. The summed E-state index contributed by atoms with van der Waals surface area (Å²) in [7, 11) is 0. The number of hydrogen-bond donors (Lipinski definition) is 2. The van der Waals surface area contributed by atoms with Gasteiger partial charge in [0.2, 0.25) is 5.95 Å². The van der Waals surface area contributed by atoms with Crippen molar-refractivity contribution in [1.82, 2.24) is 9.97 Å². The van der Waals surface area contributed by atoms with Gasteiger partial charge in [-0.05, 0) is 78.5 Å². The first-order valence-corrected chi connectivity index (χ1v) is 10.4. The lowest BCUT2D eigenvalue weighted by molar-refractivity contribution is 0.0995. The van der Waals surface area contributed by atoms with E-state index >= 15 is 0 Å². The summed E-state index contributed by atoms with van der Waals surface area (Å²) in [5.74, 6) is 1.49. The quantitative estimate of drug-likeness (QED) is 0.554. The van der Waals surface area contributed by atoms with Gasteiger partial charge in [0.25, 0.3) is 5.91 Å². The van der Waals surface area contributed by atoms with Crippen molar-refractivity contribution in [2.24, 2.45) is 0 Å². The van der Waals surface area contributed by atoms with Crippen LogP contribution in [0.2, 0.25) is 0 Å². The number of nitrogens with one attached hydrogen (secondary N) is 2. The molecule has 0 saturated carbocycles. The topological polar surface area (TPSA) is 83.3 Å². The molecular weight excluding hydrogens is 434 g/mol. The van der Waals surface area contributed by atoms with Crippen molar-refractivity contribution in [3.63, 3.8) is 0 Å². The largest absolute Gasteiger partial charge is 0.444 e. The fourth-order valence-electron chi connectivity index (χ4n) is 3.27. The van der Waals surface area contributed by atoms with Crippen LogP contribution in [0.25, 0.3) is 0 Å². The first-order chi connectivity index (χ1) is 14.1. The van der Waals surface area contributed by atoms with E-state index in [4.69, 9.17) is 4.42 Å². The second-order valence-electron chi connectivity index (χ2n) is 7.00. The summed E-state index contributed by atoms with van der Waals surface area (Å²) in [5.41, 5.74) is 2.49. The number of nitrogens with zero attached hydrogens (tertiary/aromatic N) is 3. The average Bonchev–Trinajstić information content (AvgIpc) is 3.16. The van der Waals surface area contributed by atoms with Crippen LogP contribution < -0.4 is 15.5 Å². The molecule has 1 amide bonds. The van der Waals surface area contributed by atoms with Crippen molar-refractivity contribution in [1.29, 1.82) is 0 Å². The number of aryl methyl sites for hydroxylation is 1. The second-order valence-corrected chi connectivity index (χ2v) is 7.78. The maximum atomic E-state index is 12.2. The van der Waals surface area contributed by atoms with Crippen molar-refractivity contribution in [3.8, 4) is 0 Å². The third-order valence-electron chi connectivity index (χ3n) is 4.69. The lowest BCUT2D eigenvalue weighted by Crippen LogP contribution is -2.31. The predicted octanol–water partition coefficient (Wildman–Crippen LogP) is 5.13. The SMILES string of the molecule is Cc1cc(Nc2ccc(NC(=O)c3ccc(Br)o3)cc2)nc(N2CCCCC2)n1. The summed E-state index contributed by atoms with van der Waals surface area (Å²) in [4.78, 5) is 23.7. The molecule has 2 aromatic heterocycles. The molecule has 4 rings (SSSR count). The molecule has 0 radical (unpaired) electrons. The maximum absolute atomic E-state index is 12.2. The van der Waals surface area contributed by atoms with Crippen LogP contribution in [-0.4, -0.2) is 29.0 Å². The Balaban J connectivity index is 1.43. The number of aromatic nitrogens is 2. The van der Waals surface area contributed by atoms with Crippen molar-refractivity contribution in [3.05, 3.63) is 58.6 Å². The fourth-order valence-corrected chi connectivity index (χ4v) is 3.57. The van der Waals surface area contributed by atoms with Crippen LogP contribution >= 0.6 is 15.9 Å². The van der Waals surface area contributed by atoms with Gasteiger partial charge in [0.1, 0.15) is 5.82 Å². The van der Waals surface area contributed by atoms with E-state index in [2.05, 4.69) is 41.4 Å². The number of benzene rings is 1. The number of carbonyl (C=O) groups excluding carboxylic acids is 1. The molecule has 1 fully saturated rings. The van der Waals surface area contributed by atoms with Gasteiger partial charge in [0.15, 0.2) is 10.4 Å². The van der Waals surface area contributed by atoms with E-state index < -0.39 is 0 Å². The Hall–Kier alpha value is -2.87. The van der Waals surface area contributed by atoms with Gasteiger partial charge in [-0.15, -0.1) is 0 Å². The second kappa shape index (κ2) is 8.65. The molecule has 1 aromatic carbocycles. The molecule has 1 aliphatic rings. The number of halogens is 1. The highest BCUT2D eigenvalue weighted by Crippen LogP contribution is 2.22. The molecule has 1 aliphatic heterocycles. The number of rotatable bonds is 5. The first kappa shape index (κ1) is 19.4. The van der Waals surface area contributed by atoms with Crippen molar-refractivity contribution < 1.29 is 9.21 Å². The Bertz CT molecular complexity index is 997. The van der Waals surface area contributed by atoms with Crippen molar-refractivity contribution >= 4 is 45.0 Å². The van der Waals surface area contributed by atoms with Gasteiger partial charge in [-0.3, -0.25) is 4.79 Å². The van der Waals surface area contributed by atoms with E-state index in [1.54, 1.807) is 12.1 Å². The molecule has 2 N–H and O–H groups in total. The van der Waals surface area contributed by atoms with Crippen LogP contribution in [-0.2, 0) is 0 Å². The number of anilines is 4. The van der Waals surface area contributed by atoms with Gasteiger partial charge in [-0.2, -0.15) is 4.98 Å². The van der Waals surface area contributed by atoms with E-state index in [0.717, 1.165) is 36.2 Å². The number of amides is 1. The summed E-state index contributed by atoms with van der Waals surface area (Å²) >= 11 is 3.19. The molecule has 0 unspecified atom stereocenters. The Labute approximate surface area is 177 Å². The van der Waals surface area contributed by atoms with Crippen LogP contribution in [0.4, 0.5) is 23.1 Å². The number of piperidine rings is 1. The number of hydrogen-bond acceptors (Lipinski definition) is 6. The standard InChI is InChI=1S/C21H22BrN5O2/c1-14-13-19(26-21(23-14)27-11-3-2-4-12-27)24-15-5-7-16(8-6-15)25-20(28)17-9-10-18(22)29-17/h5-10,13H,2-4,11-12H2,1H3,(H,25,28)(H,23,24,26). The Morgan fingerprint density at radius 2 is 1.76 bits per heavy atom. The molecule has 3 aromatic rings. The number of carbonyl (C=O) groups is 1. The smallest absolute Gasteiger partial charge is 0.291 e. The van der Waals surface area contributed by atoms with Crippen molar-refractivity contribution in [2.45, 2.75) is 26.2 Å². The highest BCUT2D eigenvalue weighted by Gasteiger charge is 2.15. The average molecular weight is 456 g/mol. The third kappa shape index (κ3) is 4.95. The van der Waals surface area contributed by atoms with E-state index in [-0.39, 0.29) is 11.7 Å². The molecule has 3 heterocycles. The minimum absolute atomic E-state index is 0.251. The van der Waals surface area contributed by atoms with Crippen LogP contribution in [0, 0.1) is 6.92 Å².